The first-order valence-corrected chi connectivity index (χ1v) is 12.7. The van der Waals surface area contributed by atoms with E-state index in [1.807, 2.05) is 7.05 Å². The van der Waals surface area contributed by atoms with Crippen LogP contribution in [0.5, 0.6) is 5.75 Å². The Labute approximate surface area is 223 Å². The van der Waals surface area contributed by atoms with Crippen molar-refractivity contribution >= 4 is 34.6 Å². The Bertz CT molecular complexity index is 1290. The van der Waals surface area contributed by atoms with Crippen molar-refractivity contribution < 1.29 is 27.8 Å². The van der Waals surface area contributed by atoms with Gasteiger partial charge in [-0.25, -0.2) is 4.98 Å². The maximum Gasteiger partial charge on any atom is 0.419 e. The quantitative estimate of drug-likeness (QED) is 0.567. The van der Waals surface area contributed by atoms with Crippen LogP contribution in [0.15, 0.2) is 36.5 Å². The molecule has 0 radical (unpaired) electrons. The maximum atomic E-state index is 13.6. The number of ether oxygens (including phenoxy) is 1. The number of hydrogen-bond acceptors (Lipinski definition) is 7. The fraction of sp³-hybridized carbons (Fsp3) is 0.462. The molecule has 8 nitrogen and oxygen atoms in total. The summed E-state index contributed by atoms with van der Waals surface area (Å²) in [5.41, 5.74) is -2.45. The number of pyridine rings is 1. The molecular weight excluding hydrogens is 519 g/mol. The third-order valence-electron chi connectivity index (χ3n) is 7.71. The van der Waals surface area contributed by atoms with Crippen molar-refractivity contribution in [2.75, 3.05) is 30.0 Å². The highest BCUT2D eigenvalue weighted by molar-refractivity contribution is 7.81. The molecule has 1 N–H and O–H groups in total. The van der Waals surface area contributed by atoms with E-state index in [1.54, 1.807) is 29.2 Å². The Balaban J connectivity index is 1.41. The Morgan fingerprint density at radius 3 is 2.55 bits per heavy atom. The predicted octanol–water partition coefficient (Wildman–Crippen LogP) is 3.87. The smallest absolute Gasteiger partial charge is 0.419 e. The number of nitriles is 1. The zero-order valence-electron chi connectivity index (χ0n) is 20.6. The summed E-state index contributed by atoms with van der Waals surface area (Å²) in [5, 5.41) is 18.7. The van der Waals surface area contributed by atoms with Gasteiger partial charge in [-0.2, -0.15) is 18.4 Å². The molecule has 5 rings (SSSR count). The summed E-state index contributed by atoms with van der Waals surface area (Å²) in [6.45, 7) is 0.879. The topological polar surface area (TPSA) is 92.9 Å². The minimum Gasteiger partial charge on any atom is -0.490 e. The predicted molar refractivity (Wildman–Crippen MR) is 137 cm³/mol. The number of likely N-dealkylation sites (tertiary alicyclic amines) is 1. The Morgan fingerprint density at radius 1 is 1.26 bits per heavy atom. The van der Waals surface area contributed by atoms with Gasteiger partial charge in [-0.3, -0.25) is 9.69 Å². The number of aliphatic hydroxyl groups is 1. The zero-order valence-corrected chi connectivity index (χ0v) is 21.4. The van der Waals surface area contributed by atoms with Gasteiger partial charge in [0.2, 0.25) is 0 Å². The molecule has 38 heavy (non-hydrogen) atoms. The average Bonchev–Trinajstić information content (AvgIpc) is 3.11. The van der Waals surface area contributed by atoms with Crippen molar-refractivity contribution in [1.82, 2.24) is 9.88 Å². The van der Waals surface area contributed by atoms with E-state index in [9.17, 15) is 23.1 Å². The minimum absolute atomic E-state index is 0.0381. The summed E-state index contributed by atoms with van der Waals surface area (Å²) in [5.74, 6) is 0.233. The van der Waals surface area contributed by atoms with Crippen molar-refractivity contribution in [2.24, 2.45) is 0 Å². The number of carbonyl (C=O) groups is 1. The van der Waals surface area contributed by atoms with Crippen molar-refractivity contribution in [3.63, 3.8) is 0 Å². The Hall–Kier alpha value is -3.27. The first-order valence-electron chi connectivity index (χ1n) is 12.3. The monoisotopic (exact) mass is 545 g/mol. The van der Waals surface area contributed by atoms with Gasteiger partial charge in [0.05, 0.1) is 24.1 Å². The molecule has 0 bridgehead atoms. The highest BCUT2D eigenvalue weighted by Crippen LogP contribution is 2.48. The van der Waals surface area contributed by atoms with Gasteiger partial charge < -0.3 is 19.6 Å². The third kappa shape index (κ3) is 4.38. The lowest BCUT2D eigenvalue weighted by Crippen LogP contribution is -2.55. The summed E-state index contributed by atoms with van der Waals surface area (Å²) < 4.78 is 46.9. The molecule has 2 aliphatic heterocycles. The highest BCUT2D eigenvalue weighted by Gasteiger charge is 2.59. The van der Waals surface area contributed by atoms with E-state index in [0.29, 0.717) is 30.7 Å². The van der Waals surface area contributed by atoms with Crippen LogP contribution in [0, 0.1) is 11.3 Å². The summed E-state index contributed by atoms with van der Waals surface area (Å²) >= 11 is 5.65. The molecule has 2 unspecified atom stereocenters. The second-order valence-corrected chi connectivity index (χ2v) is 10.3. The molecule has 3 heterocycles. The minimum atomic E-state index is -4.81. The third-order valence-corrected chi connectivity index (χ3v) is 8.07. The van der Waals surface area contributed by atoms with Crippen molar-refractivity contribution in [1.29, 1.82) is 5.26 Å². The number of carbonyl (C=O) groups excluding carboxylic acids is 1. The number of benzene rings is 1. The van der Waals surface area contributed by atoms with E-state index < -0.39 is 28.9 Å². The fourth-order valence-corrected chi connectivity index (χ4v) is 5.88. The van der Waals surface area contributed by atoms with Gasteiger partial charge in [0.1, 0.15) is 23.5 Å². The molecule has 2 atom stereocenters. The van der Waals surface area contributed by atoms with Gasteiger partial charge in [-0.15, -0.1) is 0 Å². The number of aromatic nitrogens is 1. The van der Waals surface area contributed by atoms with Crippen LogP contribution in [-0.2, 0) is 11.0 Å². The van der Waals surface area contributed by atoms with Gasteiger partial charge in [0.15, 0.2) is 10.8 Å². The van der Waals surface area contributed by atoms with Gasteiger partial charge in [0, 0.05) is 24.7 Å². The molecule has 3 aliphatic rings. The van der Waals surface area contributed by atoms with Crippen LogP contribution in [0.2, 0.25) is 0 Å². The number of aliphatic hydroxyl groups excluding tert-OH is 1. The van der Waals surface area contributed by atoms with Crippen LogP contribution in [-0.4, -0.2) is 63.9 Å². The van der Waals surface area contributed by atoms with Crippen LogP contribution in [0.25, 0.3) is 0 Å². The van der Waals surface area contributed by atoms with Crippen molar-refractivity contribution in [2.45, 2.75) is 56.0 Å². The van der Waals surface area contributed by atoms with Crippen LogP contribution < -0.4 is 14.5 Å². The molecule has 1 spiro atoms. The largest absolute Gasteiger partial charge is 0.490 e. The van der Waals surface area contributed by atoms with Gasteiger partial charge in [-0.1, -0.05) is 0 Å². The SMILES string of the molecule is CN1CCC(Oc2ccc(N3C(=S)N(c4cnc(C#N)c(C(F)(F)F)c4)C(=O)C34CCC4)cc2)CC1CO. The van der Waals surface area contributed by atoms with E-state index >= 15 is 0 Å². The molecule has 1 aromatic carbocycles. The second-order valence-electron chi connectivity index (χ2n) is 9.92. The van der Waals surface area contributed by atoms with Crippen LogP contribution in [0.3, 0.4) is 0 Å². The van der Waals surface area contributed by atoms with Crippen molar-refractivity contribution in [3.8, 4) is 11.8 Å². The highest BCUT2D eigenvalue weighted by atomic mass is 32.1. The molecule has 1 aromatic heterocycles. The molecule has 3 fully saturated rings. The number of halogens is 3. The van der Waals surface area contributed by atoms with E-state index in [4.69, 9.17) is 22.2 Å². The van der Waals surface area contributed by atoms with Gasteiger partial charge >= 0.3 is 6.18 Å². The number of anilines is 2. The zero-order chi connectivity index (χ0) is 27.2. The van der Waals surface area contributed by atoms with Crippen LogP contribution >= 0.6 is 12.2 Å². The number of piperidine rings is 1. The second kappa shape index (κ2) is 9.80. The van der Waals surface area contributed by atoms with Crippen LogP contribution in [0.1, 0.15) is 43.4 Å². The summed E-state index contributed by atoms with van der Waals surface area (Å²) in [4.78, 5) is 22.2. The molecule has 1 aliphatic carbocycles. The van der Waals surface area contributed by atoms with E-state index in [-0.39, 0.29) is 29.6 Å². The number of thiocarbonyl (C=S) groups is 1. The van der Waals surface area contributed by atoms with Crippen LogP contribution in [0.4, 0.5) is 24.5 Å². The molecule has 2 saturated heterocycles. The number of amides is 1. The summed E-state index contributed by atoms with van der Waals surface area (Å²) in [6.07, 6.45) is -0.445. The first-order chi connectivity index (χ1) is 18.1. The molecule has 200 valence electrons. The van der Waals surface area contributed by atoms with Crippen molar-refractivity contribution in [3.05, 3.63) is 47.8 Å². The fourth-order valence-electron chi connectivity index (χ4n) is 5.41. The standard InChI is InChI=1S/C26H26F3N5O3S/c1-32-10-7-20(11-18(32)15-35)37-19-5-3-16(4-6-19)34-24(38)33(23(36)25(34)8-2-9-25)17-12-21(26(27,28)29)22(13-30)31-14-17/h3-6,12,14,18,20,35H,2,7-11,15H2,1H3. The molecular formula is C26H26F3N5O3S. The lowest BCUT2D eigenvalue weighted by atomic mass is 9.75. The number of likely N-dealkylation sites (N-methyl/N-ethyl adjacent to an activating group) is 1. The lowest BCUT2D eigenvalue weighted by Gasteiger charge is -2.43. The first kappa shape index (κ1) is 26.3. The Morgan fingerprint density at radius 2 is 1.97 bits per heavy atom. The van der Waals surface area contributed by atoms with Gasteiger partial charge in [0.25, 0.3) is 5.91 Å². The molecule has 2 aromatic rings. The number of nitrogens with zero attached hydrogens (tertiary/aromatic N) is 5. The normalized spacial score (nSPS) is 23.5. The number of hydrogen-bond donors (Lipinski definition) is 1. The molecule has 12 heteroatoms. The van der Waals surface area contributed by atoms with E-state index in [1.165, 1.54) is 6.07 Å². The molecule has 1 saturated carbocycles. The molecule has 1 amide bonds. The summed E-state index contributed by atoms with van der Waals surface area (Å²) in [7, 11) is 1.98. The van der Waals surface area contributed by atoms with E-state index in [0.717, 1.165) is 36.5 Å². The maximum absolute atomic E-state index is 13.6. The van der Waals surface area contributed by atoms with Gasteiger partial charge in [-0.05, 0) is 75.3 Å². The number of alkyl halides is 3. The summed E-state index contributed by atoms with van der Waals surface area (Å²) in [6, 6.07) is 9.40. The lowest BCUT2D eigenvalue weighted by molar-refractivity contribution is -0.138. The number of rotatable bonds is 5. The van der Waals surface area contributed by atoms with E-state index in [2.05, 4.69) is 9.88 Å². The average molecular weight is 546 g/mol. The Kier molecular flexibility index (Phi) is 6.79.